The topological polar surface area (TPSA) is 191 Å². The Kier molecular flexibility index (Phi) is 6.61. The molecule has 2 amide bonds. The highest BCUT2D eigenvalue weighted by Crippen LogP contribution is 2.30. The van der Waals surface area contributed by atoms with Gasteiger partial charge in [-0.05, 0) is 18.1 Å². The fourth-order valence-electron chi connectivity index (χ4n) is 2.93. The second-order valence-corrected chi connectivity index (χ2v) is 6.48. The number of carboxylic acid groups (broad SMARTS) is 1. The predicted octanol–water partition coefficient (Wildman–Crippen LogP) is -2.38. The first-order chi connectivity index (χ1) is 14.4. The van der Waals surface area contributed by atoms with Crippen LogP contribution in [0.5, 0.6) is 5.75 Å². The van der Waals surface area contributed by atoms with Crippen LogP contribution in [0.15, 0.2) is 24.4 Å². The van der Waals surface area contributed by atoms with Gasteiger partial charge in [-0.2, -0.15) is 0 Å². The van der Waals surface area contributed by atoms with Gasteiger partial charge >= 0.3 is 13.1 Å². The van der Waals surface area contributed by atoms with Crippen LogP contribution in [0.3, 0.4) is 0 Å². The van der Waals surface area contributed by atoms with Gasteiger partial charge in [-0.15, -0.1) is 5.10 Å². The van der Waals surface area contributed by atoms with Gasteiger partial charge in [0.25, 0.3) is 0 Å². The van der Waals surface area contributed by atoms with Gasteiger partial charge < -0.3 is 25.4 Å². The first kappa shape index (κ1) is 21.2. The quantitative estimate of drug-likeness (QED) is 0.229. The molecule has 1 atom stereocenters. The molecule has 0 spiro atoms. The van der Waals surface area contributed by atoms with Crippen LogP contribution >= 0.6 is 0 Å². The van der Waals surface area contributed by atoms with Gasteiger partial charge in [0.1, 0.15) is 24.6 Å². The third-order valence-corrected chi connectivity index (χ3v) is 4.27. The van der Waals surface area contributed by atoms with Gasteiger partial charge in [0, 0.05) is 0 Å². The molecule has 1 aliphatic heterocycles. The number of nitrogens with zero attached hydrogens (tertiary/aromatic N) is 3. The van der Waals surface area contributed by atoms with Crippen LogP contribution in [0, 0.1) is 0 Å². The van der Waals surface area contributed by atoms with Crippen LogP contribution in [0.25, 0.3) is 0 Å². The first-order valence-corrected chi connectivity index (χ1v) is 8.84. The number of aromatic nitrogens is 3. The van der Waals surface area contributed by atoms with E-state index in [2.05, 4.69) is 25.8 Å². The lowest BCUT2D eigenvalue weighted by atomic mass is 9.72. The van der Waals surface area contributed by atoms with E-state index in [4.69, 9.17) is 10.6 Å². The second kappa shape index (κ2) is 9.34. The van der Waals surface area contributed by atoms with E-state index in [1.165, 1.54) is 16.9 Å². The van der Waals surface area contributed by atoms with Crippen molar-refractivity contribution in [3.8, 4) is 5.75 Å². The summed E-state index contributed by atoms with van der Waals surface area (Å²) in [6, 6.07) is 4.61. The van der Waals surface area contributed by atoms with Crippen LogP contribution in [0.2, 0.25) is 0 Å². The standard InChI is InChI=1S/C16H19BN6O7/c18-29-8-14(25)19-5-10-6-23(22-21-10)7-13(24)20-12-4-9-2-1-3-11(16(26)27)15(9)30-17(12)28/h1-3,6,12,28H,4-5,7-8,18H2,(H,19,25)(H,20,24)(H,26,27)/t12-/m0/s1. The number of aromatic carboxylic acids is 1. The lowest BCUT2D eigenvalue weighted by Crippen LogP contribution is -2.53. The Morgan fingerprint density at radius 2 is 2.17 bits per heavy atom. The molecule has 2 aromatic rings. The molecule has 1 aromatic carbocycles. The van der Waals surface area contributed by atoms with E-state index in [9.17, 15) is 24.5 Å². The molecule has 3 rings (SSSR count). The molecule has 0 fully saturated rings. The number of benzene rings is 1. The summed E-state index contributed by atoms with van der Waals surface area (Å²) in [5.74, 6) is 2.06. The van der Waals surface area contributed by atoms with Crippen molar-refractivity contribution >= 4 is 24.9 Å². The molecule has 1 aromatic heterocycles. The molecule has 2 heterocycles. The van der Waals surface area contributed by atoms with E-state index < -0.39 is 30.8 Å². The molecular formula is C16H19BN6O7. The molecular weight excluding hydrogens is 399 g/mol. The van der Waals surface area contributed by atoms with Crippen molar-refractivity contribution in [3.05, 3.63) is 41.2 Å². The fourth-order valence-corrected chi connectivity index (χ4v) is 2.93. The molecule has 0 unspecified atom stereocenters. The van der Waals surface area contributed by atoms with E-state index in [1.807, 2.05) is 0 Å². The van der Waals surface area contributed by atoms with Crippen molar-refractivity contribution in [1.29, 1.82) is 0 Å². The molecule has 0 aliphatic carbocycles. The minimum Gasteiger partial charge on any atom is -0.534 e. The Labute approximate surface area is 170 Å². The summed E-state index contributed by atoms with van der Waals surface area (Å²) in [5, 5.41) is 32.2. The van der Waals surface area contributed by atoms with Crippen LogP contribution in [0.4, 0.5) is 0 Å². The molecule has 158 valence electrons. The largest absolute Gasteiger partial charge is 0.547 e. The molecule has 30 heavy (non-hydrogen) atoms. The lowest BCUT2D eigenvalue weighted by molar-refractivity contribution is -0.126. The molecule has 0 saturated carbocycles. The summed E-state index contributed by atoms with van der Waals surface area (Å²) < 4.78 is 6.60. The Hall–Kier alpha value is -3.49. The SMILES string of the molecule is NOCC(=O)NCc1cn(CC(=O)N[C@H]2Cc3cccc(C(=O)O)c3OB2O)nn1. The number of carbonyl (C=O) groups is 3. The normalized spacial score (nSPS) is 15.1. The van der Waals surface area contributed by atoms with Crippen LogP contribution < -0.4 is 21.2 Å². The maximum atomic E-state index is 12.3. The van der Waals surface area contributed by atoms with E-state index in [-0.39, 0.29) is 37.4 Å². The monoisotopic (exact) mass is 418 g/mol. The third-order valence-electron chi connectivity index (χ3n) is 4.27. The number of rotatable bonds is 8. The van der Waals surface area contributed by atoms with E-state index >= 15 is 0 Å². The van der Waals surface area contributed by atoms with Gasteiger partial charge in [0.05, 0.1) is 24.2 Å². The second-order valence-electron chi connectivity index (χ2n) is 6.48. The summed E-state index contributed by atoms with van der Waals surface area (Å²) in [7, 11) is -1.41. The molecule has 0 radical (unpaired) electrons. The summed E-state index contributed by atoms with van der Waals surface area (Å²) in [6.45, 7) is -0.390. The predicted molar refractivity (Wildman–Crippen MR) is 99.6 cm³/mol. The van der Waals surface area contributed by atoms with Crippen molar-refractivity contribution in [1.82, 2.24) is 25.6 Å². The maximum Gasteiger partial charge on any atom is 0.547 e. The summed E-state index contributed by atoms with van der Waals surface area (Å²) in [5.41, 5.74) is 0.923. The van der Waals surface area contributed by atoms with Crippen molar-refractivity contribution in [2.75, 3.05) is 6.61 Å². The average Bonchev–Trinajstić information content (AvgIpc) is 3.14. The van der Waals surface area contributed by atoms with Gasteiger partial charge in [0.2, 0.25) is 11.8 Å². The number of nitrogens with one attached hydrogen (secondary N) is 2. The Balaban J connectivity index is 1.56. The number of carboxylic acids is 1. The minimum absolute atomic E-state index is 0.0587. The molecule has 13 nitrogen and oxygen atoms in total. The number of fused-ring (bicyclic) bond motifs is 1. The van der Waals surface area contributed by atoms with E-state index in [1.54, 1.807) is 12.1 Å². The highest BCUT2D eigenvalue weighted by atomic mass is 16.6. The molecule has 6 N–H and O–H groups in total. The maximum absolute atomic E-state index is 12.3. The Morgan fingerprint density at radius 1 is 1.37 bits per heavy atom. The summed E-state index contributed by atoms with van der Waals surface area (Å²) in [4.78, 5) is 39.1. The smallest absolute Gasteiger partial charge is 0.534 e. The van der Waals surface area contributed by atoms with Crippen molar-refractivity contribution in [3.63, 3.8) is 0 Å². The van der Waals surface area contributed by atoms with Crippen molar-refractivity contribution in [2.24, 2.45) is 5.90 Å². The molecule has 1 aliphatic rings. The lowest BCUT2D eigenvalue weighted by Gasteiger charge is -2.28. The van der Waals surface area contributed by atoms with Crippen LogP contribution in [-0.2, 0) is 33.9 Å². The zero-order chi connectivity index (χ0) is 21.7. The van der Waals surface area contributed by atoms with E-state index in [0.29, 0.717) is 11.3 Å². The zero-order valence-electron chi connectivity index (χ0n) is 15.6. The average molecular weight is 418 g/mol. The molecule has 0 saturated heterocycles. The number of hydrogen-bond donors (Lipinski definition) is 5. The number of para-hydroxylation sites is 1. The Morgan fingerprint density at radius 3 is 2.90 bits per heavy atom. The number of amides is 2. The third kappa shape index (κ3) is 5.11. The van der Waals surface area contributed by atoms with Gasteiger partial charge in [-0.1, -0.05) is 17.3 Å². The summed E-state index contributed by atoms with van der Waals surface area (Å²) >= 11 is 0. The number of hydrogen-bond acceptors (Lipinski definition) is 9. The van der Waals surface area contributed by atoms with Crippen molar-refractivity contribution < 1.29 is 34.0 Å². The van der Waals surface area contributed by atoms with Crippen LogP contribution in [-0.4, -0.2) is 62.6 Å². The van der Waals surface area contributed by atoms with Gasteiger partial charge in [0.15, 0.2) is 0 Å². The van der Waals surface area contributed by atoms with Crippen LogP contribution in [0.1, 0.15) is 21.6 Å². The highest BCUT2D eigenvalue weighted by Gasteiger charge is 2.37. The molecule has 0 bridgehead atoms. The highest BCUT2D eigenvalue weighted by molar-refractivity contribution is 6.47. The van der Waals surface area contributed by atoms with Crippen molar-refractivity contribution in [2.45, 2.75) is 25.5 Å². The minimum atomic E-state index is -1.41. The first-order valence-electron chi connectivity index (χ1n) is 8.84. The summed E-state index contributed by atoms with van der Waals surface area (Å²) in [6.07, 6.45) is 1.67. The fraction of sp³-hybridized carbons (Fsp3) is 0.312. The van der Waals surface area contributed by atoms with Gasteiger partial charge in [-0.25, -0.2) is 15.4 Å². The van der Waals surface area contributed by atoms with Gasteiger partial charge in [-0.3, -0.25) is 14.4 Å². The molecule has 14 heteroatoms. The Bertz CT molecular complexity index is 952. The number of carbonyl (C=O) groups excluding carboxylic acids is 2. The zero-order valence-corrected chi connectivity index (χ0v) is 15.6. The number of nitrogens with two attached hydrogens (primary N) is 1. The van der Waals surface area contributed by atoms with E-state index in [0.717, 1.165) is 0 Å².